The van der Waals surface area contributed by atoms with Crippen LogP contribution in [0.5, 0.6) is 11.5 Å². The van der Waals surface area contributed by atoms with E-state index in [9.17, 15) is 28.1 Å². The van der Waals surface area contributed by atoms with Crippen LogP contribution in [0.2, 0.25) is 0 Å². The largest absolute Gasteiger partial charge is 0.450 e. The van der Waals surface area contributed by atoms with Crippen molar-refractivity contribution >= 4 is 62.2 Å². The van der Waals surface area contributed by atoms with Gasteiger partial charge >= 0.3 is 17.8 Å². The van der Waals surface area contributed by atoms with Crippen molar-refractivity contribution in [2.75, 3.05) is 0 Å². The molecule has 1 heterocycles. The van der Waals surface area contributed by atoms with Gasteiger partial charge in [0.2, 0.25) is 11.6 Å². The van der Waals surface area contributed by atoms with Crippen LogP contribution in [0.1, 0.15) is 16.7 Å². The Morgan fingerprint density at radius 1 is 1.09 bits per heavy atom. The van der Waals surface area contributed by atoms with Crippen molar-refractivity contribution in [3.8, 4) is 11.5 Å². The van der Waals surface area contributed by atoms with Gasteiger partial charge < -0.3 is 9.47 Å². The van der Waals surface area contributed by atoms with Crippen LogP contribution in [-0.2, 0) is 15.7 Å². The van der Waals surface area contributed by atoms with Crippen LogP contribution in [0.15, 0.2) is 75.8 Å². The smallest absolute Gasteiger partial charge is 0.416 e. The molecule has 0 bridgehead atoms. The van der Waals surface area contributed by atoms with Crippen molar-refractivity contribution in [2.45, 2.75) is 6.18 Å². The number of nitrogens with zero attached hydrogens (tertiary/aromatic N) is 2. The summed E-state index contributed by atoms with van der Waals surface area (Å²) in [5, 5.41) is 11.2. The van der Waals surface area contributed by atoms with Gasteiger partial charge in [0.25, 0.3) is 0 Å². The maximum absolute atomic E-state index is 12.9. The molecule has 7 nitrogen and oxygen atoms in total. The highest BCUT2D eigenvalue weighted by Crippen LogP contribution is 2.38. The zero-order chi connectivity index (χ0) is 25.3. The van der Waals surface area contributed by atoms with Crippen LogP contribution in [0.4, 0.5) is 18.9 Å². The molecule has 3 aromatic carbocycles. The van der Waals surface area contributed by atoms with Crippen molar-refractivity contribution in [1.82, 2.24) is 0 Å². The Bertz CT molecular complexity index is 1410. The Kier molecular flexibility index (Phi) is 6.94. The third-order valence-electron chi connectivity index (χ3n) is 4.68. The maximum atomic E-state index is 12.9. The normalized spacial score (nSPS) is 14.6. The summed E-state index contributed by atoms with van der Waals surface area (Å²) in [6.07, 6.45) is -3.24. The predicted octanol–water partition coefficient (Wildman–Crippen LogP) is 7.12. The first-order valence-corrected chi connectivity index (χ1v) is 11.5. The van der Waals surface area contributed by atoms with E-state index in [4.69, 9.17) is 9.47 Å². The van der Waals surface area contributed by atoms with Gasteiger partial charge in [-0.05, 0) is 92.6 Å². The van der Waals surface area contributed by atoms with E-state index < -0.39 is 28.3 Å². The molecule has 178 valence electrons. The standard InChI is InChI=1S/C23H11BrF3IN2O5/c24-16-10-13(3-7-17(16)28)21-29-18(22(31)35-21)9-12-1-5-15(6-2-12)34-20-8-4-14(23(25,26)27)11-19(20)30(32)33/h1-11H/b18-9-. The summed E-state index contributed by atoms with van der Waals surface area (Å²) in [5.74, 6) is -0.661. The predicted molar refractivity (Wildman–Crippen MR) is 132 cm³/mol. The summed E-state index contributed by atoms with van der Waals surface area (Å²) in [5.41, 5.74) is -0.721. The number of ether oxygens (including phenoxy) is 2. The molecule has 0 aliphatic carbocycles. The fourth-order valence-electron chi connectivity index (χ4n) is 3.00. The molecule has 0 atom stereocenters. The summed E-state index contributed by atoms with van der Waals surface area (Å²) < 4.78 is 51.1. The van der Waals surface area contributed by atoms with Gasteiger partial charge in [-0.2, -0.15) is 13.2 Å². The van der Waals surface area contributed by atoms with E-state index in [-0.39, 0.29) is 23.1 Å². The maximum Gasteiger partial charge on any atom is 0.416 e. The number of nitro groups is 1. The lowest BCUT2D eigenvalue weighted by Gasteiger charge is -2.10. The molecule has 3 aromatic rings. The average Bonchev–Trinajstić information content (AvgIpc) is 3.16. The van der Waals surface area contributed by atoms with Crippen LogP contribution < -0.4 is 4.74 Å². The number of hydrogen-bond acceptors (Lipinski definition) is 6. The minimum Gasteiger partial charge on any atom is -0.450 e. The highest BCUT2D eigenvalue weighted by molar-refractivity contribution is 14.1. The zero-order valence-corrected chi connectivity index (χ0v) is 20.9. The molecular weight excluding hydrogens is 648 g/mol. The first-order valence-electron chi connectivity index (χ1n) is 9.63. The number of nitro benzene ring substituents is 1. The number of halogens is 5. The molecule has 0 spiro atoms. The number of rotatable bonds is 5. The summed E-state index contributed by atoms with van der Waals surface area (Å²) in [6, 6.07) is 13.4. The third kappa shape index (κ3) is 5.70. The quantitative estimate of drug-likeness (QED) is 0.0958. The van der Waals surface area contributed by atoms with Crippen molar-refractivity contribution in [3.05, 3.63) is 101 Å². The Morgan fingerprint density at radius 2 is 1.80 bits per heavy atom. The van der Waals surface area contributed by atoms with Crippen molar-refractivity contribution in [1.29, 1.82) is 0 Å². The number of alkyl halides is 3. The lowest BCUT2D eigenvalue weighted by Crippen LogP contribution is -2.06. The zero-order valence-electron chi connectivity index (χ0n) is 17.2. The number of benzene rings is 3. The van der Waals surface area contributed by atoms with Crippen LogP contribution >= 0.6 is 38.5 Å². The molecule has 0 N–H and O–H groups in total. The molecule has 0 aromatic heterocycles. The van der Waals surface area contributed by atoms with Crippen molar-refractivity contribution in [3.63, 3.8) is 0 Å². The number of carbonyl (C=O) groups is 1. The summed E-state index contributed by atoms with van der Waals surface area (Å²) >= 11 is 5.57. The van der Waals surface area contributed by atoms with Crippen LogP contribution in [-0.4, -0.2) is 16.8 Å². The summed E-state index contributed by atoms with van der Waals surface area (Å²) in [6.45, 7) is 0. The Labute approximate surface area is 217 Å². The third-order valence-corrected chi connectivity index (χ3v) is 7.02. The second-order valence-electron chi connectivity index (χ2n) is 7.07. The molecule has 1 aliphatic rings. The SMILES string of the molecule is O=C1OC(c2ccc(I)c(Br)c2)=N/C1=C\c1ccc(Oc2ccc(C(F)(F)F)cc2[N+](=O)[O-])cc1. The van der Waals surface area contributed by atoms with E-state index in [1.807, 2.05) is 6.07 Å². The minimum absolute atomic E-state index is 0.0710. The minimum atomic E-state index is -4.72. The monoisotopic (exact) mass is 658 g/mol. The van der Waals surface area contributed by atoms with Gasteiger partial charge in [-0.15, -0.1) is 0 Å². The molecule has 0 saturated carbocycles. The second kappa shape index (κ2) is 9.77. The second-order valence-corrected chi connectivity index (χ2v) is 9.09. The number of hydrogen-bond donors (Lipinski definition) is 0. The van der Waals surface area contributed by atoms with Crippen LogP contribution in [0.3, 0.4) is 0 Å². The van der Waals surface area contributed by atoms with Crippen molar-refractivity contribution < 1.29 is 32.4 Å². The molecular formula is C23H11BrF3IN2O5. The van der Waals surface area contributed by atoms with Gasteiger partial charge in [0.15, 0.2) is 5.70 Å². The topological polar surface area (TPSA) is 91.0 Å². The first kappa shape index (κ1) is 24.9. The molecule has 0 saturated heterocycles. The highest BCUT2D eigenvalue weighted by Gasteiger charge is 2.33. The van der Waals surface area contributed by atoms with Crippen LogP contribution in [0, 0.1) is 13.7 Å². The molecule has 1 aliphatic heterocycles. The lowest BCUT2D eigenvalue weighted by atomic mass is 10.1. The first-order chi connectivity index (χ1) is 16.5. The molecule has 0 radical (unpaired) electrons. The molecule has 12 heteroatoms. The number of carbonyl (C=O) groups excluding carboxylic acids is 1. The Balaban J connectivity index is 1.55. The summed E-state index contributed by atoms with van der Waals surface area (Å²) in [7, 11) is 0. The van der Waals surface area contributed by atoms with Gasteiger partial charge in [0, 0.05) is 19.7 Å². The van der Waals surface area contributed by atoms with E-state index in [0.717, 1.165) is 14.1 Å². The van der Waals surface area contributed by atoms with Crippen LogP contribution in [0.25, 0.3) is 6.08 Å². The fourth-order valence-corrected chi connectivity index (χ4v) is 3.72. The van der Waals surface area contributed by atoms with E-state index in [0.29, 0.717) is 23.3 Å². The molecule has 0 unspecified atom stereocenters. The van der Waals surface area contributed by atoms with Gasteiger partial charge in [-0.3, -0.25) is 10.1 Å². The number of aliphatic imine (C=N–C) groups is 1. The van der Waals surface area contributed by atoms with Gasteiger partial charge in [0.1, 0.15) is 5.75 Å². The van der Waals surface area contributed by atoms with E-state index in [1.165, 1.54) is 18.2 Å². The molecule has 35 heavy (non-hydrogen) atoms. The average molecular weight is 659 g/mol. The van der Waals surface area contributed by atoms with E-state index in [2.05, 4.69) is 43.5 Å². The van der Waals surface area contributed by atoms with E-state index >= 15 is 0 Å². The highest BCUT2D eigenvalue weighted by atomic mass is 127. The van der Waals surface area contributed by atoms with Gasteiger partial charge in [-0.1, -0.05) is 12.1 Å². The Hall–Kier alpha value is -3.26. The Morgan fingerprint density at radius 3 is 2.43 bits per heavy atom. The molecule has 4 rings (SSSR count). The molecule has 0 amide bonds. The summed E-state index contributed by atoms with van der Waals surface area (Å²) in [4.78, 5) is 26.8. The van der Waals surface area contributed by atoms with Gasteiger partial charge in [0.05, 0.1) is 10.5 Å². The molecule has 0 fully saturated rings. The van der Waals surface area contributed by atoms with Gasteiger partial charge in [-0.25, -0.2) is 9.79 Å². The number of esters is 1. The lowest BCUT2D eigenvalue weighted by molar-refractivity contribution is -0.385. The number of cyclic esters (lactones) is 1. The fraction of sp³-hybridized carbons (Fsp3) is 0.0435. The van der Waals surface area contributed by atoms with Crippen molar-refractivity contribution in [2.24, 2.45) is 4.99 Å². The van der Waals surface area contributed by atoms with E-state index in [1.54, 1.807) is 24.3 Å².